The zero-order valence-electron chi connectivity index (χ0n) is 11.5. The van der Waals surface area contributed by atoms with Crippen LogP contribution in [0.4, 0.5) is 4.79 Å². The van der Waals surface area contributed by atoms with E-state index in [9.17, 15) is 9.59 Å². The Balaban J connectivity index is 1.63. The Hall–Kier alpha value is -1.84. The van der Waals surface area contributed by atoms with Gasteiger partial charge in [-0.1, -0.05) is 30.3 Å². The highest BCUT2D eigenvalue weighted by atomic mass is 16.6. The molecule has 0 aromatic heterocycles. The maximum Gasteiger partial charge on any atom is 0.410 e. The van der Waals surface area contributed by atoms with Gasteiger partial charge >= 0.3 is 6.09 Å². The summed E-state index contributed by atoms with van der Waals surface area (Å²) in [6.45, 7) is 0.798. The summed E-state index contributed by atoms with van der Waals surface area (Å²) in [5, 5.41) is 0. The lowest BCUT2D eigenvalue weighted by Crippen LogP contribution is -2.60. The summed E-state index contributed by atoms with van der Waals surface area (Å²) >= 11 is 0. The van der Waals surface area contributed by atoms with E-state index < -0.39 is 0 Å². The molecule has 1 saturated heterocycles. The van der Waals surface area contributed by atoms with Crippen molar-refractivity contribution < 1.29 is 14.3 Å². The highest BCUT2D eigenvalue weighted by Crippen LogP contribution is 2.43. The first kappa shape index (κ1) is 13.2. The first-order valence-corrected chi connectivity index (χ1v) is 7.20. The van der Waals surface area contributed by atoms with Gasteiger partial charge in [0.25, 0.3) is 0 Å². The van der Waals surface area contributed by atoms with Gasteiger partial charge in [-0.05, 0) is 24.8 Å². The fraction of sp³-hybridized carbons (Fsp3) is 0.500. The van der Waals surface area contributed by atoms with Gasteiger partial charge in [-0.3, -0.25) is 4.79 Å². The third kappa shape index (κ3) is 2.42. The molecule has 1 aliphatic carbocycles. The summed E-state index contributed by atoms with van der Waals surface area (Å²) in [6, 6.07) is 9.66. The van der Waals surface area contributed by atoms with Gasteiger partial charge in [0.15, 0.2) is 0 Å². The van der Waals surface area contributed by atoms with E-state index in [0.717, 1.165) is 24.8 Å². The minimum atomic E-state index is -0.277. The van der Waals surface area contributed by atoms with Crippen molar-refractivity contribution in [3.63, 3.8) is 0 Å². The first-order valence-electron chi connectivity index (χ1n) is 7.20. The van der Waals surface area contributed by atoms with E-state index in [0.29, 0.717) is 26.0 Å². The highest BCUT2D eigenvalue weighted by Gasteiger charge is 2.49. The summed E-state index contributed by atoms with van der Waals surface area (Å²) in [5.74, 6) is 0.275. The molecule has 0 unspecified atom stereocenters. The molecule has 1 aliphatic heterocycles. The molecule has 2 fully saturated rings. The number of Topliss-reactive ketones (excluding diaryl/α,β-unsaturated/α-hetero) is 1. The zero-order valence-corrected chi connectivity index (χ0v) is 11.5. The number of nitrogens with zero attached hydrogens (tertiary/aromatic N) is 1. The summed E-state index contributed by atoms with van der Waals surface area (Å²) in [6.07, 6.45) is 3.64. The van der Waals surface area contributed by atoms with E-state index in [4.69, 9.17) is 4.74 Å². The molecule has 0 atom stereocenters. The van der Waals surface area contributed by atoms with Crippen molar-refractivity contribution in [2.75, 3.05) is 6.54 Å². The van der Waals surface area contributed by atoms with Crippen molar-refractivity contribution in [3.8, 4) is 0 Å². The maximum absolute atomic E-state index is 12.3. The van der Waals surface area contributed by atoms with E-state index in [1.54, 1.807) is 4.90 Å². The number of amides is 1. The summed E-state index contributed by atoms with van der Waals surface area (Å²) in [4.78, 5) is 25.7. The van der Waals surface area contributed by atoms with Crippen molar-refractivity contribution in [2.45, 2.75) is 44.2 Å². The van der Waals surface area contributed by atoms with Crippen molar-refractivity contribution in [2.24, 2.45) is 0 Å². The first-order chi connectivity index (χ1) is 9.70. The molecule has 1 spiro atoms. The smallest absolute Gasteiger partial charge is 0.410 e. The Labute approximate surface area is 118 Å². The standard InChI is InChI=1S/C16H19NO3/c18-14-7-10-17(16(11-14)8-4-9-16)15(19)20-12-13-5-2-1-3-6-13/h1-3,5-6H,4,7-12H2. The fourth-order valence-electron chi connectivity index (χ4n) is 3.14. The van der Waals surface area contributed by atoms with Crippen LogP contribution in [0.15, 0.2) is 30.3 Å². The van der Waals surface area contributed by atoms with Gasteiger partial charge in [0.2, 0.25) is 0 Å². The molecule has 1 heterocycles. The molecule has 4 nitrogen and oxygen atoms in total. The van der Waals surface area contributed by atoms with Gasteiger partial charge in [-0.15, -0.1) is 0 Å². The van der Waals surface area contributed by atoms with Crippen molar-refractivity contribution in [1.82, 2.24) is 4.90 Å². The van der Waals surface area contributed by atoms with E-state index in [1.165, 1.54) is 0 Å². The number of hydrogen-bond donors (Lipinski definition) is 0. The lowest BCUT2D eigenvalue weighted by atomic mass is 9.70. The second kappa shape index (κ2) is 5.27. The van der Waals surface area contributed by atoms with E-state index in [2.05, 4.69) is 0 Å². The van der Waals surface area contributed by atoms with Crippen LogP contribution in [0.2, 0.25) is 0 Å². The number of likely N-dealkylation sites (tertiary alicyclic amines) is 1. The lowest BCUT2D eigenvalue weighted by molar-refractivity contribution is -0.128. The minimum Gasteiger partial charge on any atom is -0.445 e. The predicted octanol–water partition coefficient (Wildman–Crippen LogP) is 2.91. The average molecular weight is 273 g/mol. The molecule has 106 valence electrons. The third-order valence-corrected chi connectivity index (χ3v) is 4.42. The summed E-state index contributed by atoms with van der Waals surface area (Å²) in [5.41, 5.74) is 0.750. The molecule has 1 saturated carbocycles. The van der Waals surface area contributed by atoms with Crippen molar-refractivity contribution in [1.29, 1.82) is 0 Å². The molecule has 1 aromatic rings. The Morgan fingerprint density at radius 1 is 1.25 bits per heavy atom. The molecule has 0 N–H and O–H groups in total. The van der Waals surface area contributed by atoms with Crippen LogP contribution in [0.3, 0.4) is 0 Å². The normalized spacial score (nSPS) is 20.6. The van der Waals surface area contributed by atoms with Crippen LogP contribution in [-0.4, -0.2) is 28.9 Å². The van der Waals surface area contributed by atoms with Gasteiger partial charge in [0, 0.05) is 19.4 Å². The summed E-state index contributed by atoms with van der Waals surface area (Å²) < 4.78 is 5.41. The number of carbonyl (C=O) groups excluding carboxylic acids is 2. The second-order valence-corrected chi connectivity index (χ2v) is 5.74. The topological polar surface area (TPSA) is 46.6 Å². The number of piperidine rings is 1. The molecule has 2 aliphatic rings. The third-order valence-electron chi connectivity index (χ3n) is 4.42. The average Bonchev–Trinajstić information content (AvgIpc) is 2.44. The van der Waals surface area contributed by atoms with Gasteiger partial charge in [-0.25, -0.2) is 4.79 Å². The van der Waals surface area contributed by atoms with Crippen LogP contribution in [0.25, 0.3) is 0 Å². The Morgan fingerprint density at radius 2 is 2.00 bits per heavy atom. The van der Waals surface area contributed by atoms with Crippen LogP contribution in [-0.2, 0) is 16.1 Å². The molecule has 1 amide bonds. The molecule has 0 radical (unpaired) electrons. The highest BCUT2D eigenvalue weighted by molar-refractivity contribution is 5.83. The largest absolute Gasteiger partial charge is 0.445 e. The fourth-order valence-corrected chi connectivity index (χ4v) is 3.14. The van der Waals surface area contributed by atoms with Crippen LogP contribution in [0.1, 0.15) is 37.7 Å². The predicted molar refractivity (Wildman–Crippen MR) is 74.2 cm³/mol. The molecule has 4 heteroatoms. The van der Waals surface area contributed by atoms with E-state index in [-0.39, 0.29) is 17.4 Å². The SMILES string of the molecule is O=C1CCN(C(=O)OCc2ccccc2)C2(CCC2)C1. The molecule has 1 aromatic carbocycles. The molecular formula is C16H19NO3. The molecule has 20 heavy (non-hydrogen) atoms. The number of carbonyl (C=O) groups is 2. The Bertz CT molecular complexity index is 508. The number of benzene rings is 1. The Morgan fingerprint density at radius 3 is 2.65 bits per heavy atom. The van der Waals surface area contributed by atoms with Gasteiger partial charge < -0.3 is 9.64 Å². The number of ketones is 1. The van der Waals surface area contributed by atoms with E-state index >= 15 is 0 Å². The summed E-state index contributed by atoms with van der Waals surface area (Å²) in [7, 11) is 0. The number of ether oxygens (including phenoxy) is 1. The van der Waals surface area contributed by atoms with Gasteiger partial charge in [0.1, 0.15) is 12.4 Å². The molecule has 3 rings (SSSR count). The van der Waals surface area contributed by atoms with Crippen LogP contribution in [0.5, 0.6) is 0 Å². The van der Waals surface area contributed by atoms with Crippen molar-refractivity contribution in [3.05, 3.63) is 35.9 Å². The Kier molecular flexibility index (Phi) is 3.47. The van der Waals surface area contributed by atoms with E-state index in [1.807, 2.05) is 30.3 Å². The monoisotopic (exact) mass is 273 g/mol. The minimum absolute atomic E-state index is 0.233. The molecule has 0 bridgehead atoms. The lowest BCUT2D eigenvalue weighted by Gasteiger charge is -2.51. The maximum atomic E-state index is 12.3. The van der Waals surface area contributed by atoms with Gasteiger partial charge in [0.05, 0.1) is 5.54 Å². The quantitative estimate of drug-likeness (QED) is 0.832. The number of hydrogen-bond acceptors (Lipinski definition) is 3. The van der Waals surface area contributed by atoms with Crippen LogP contribution < -0.4 is 0 Å². The zero-order chi connectivity index (χ0) is 14.0. The van der Waals surface area contributed by atoms with Gasteiger partial charge in [-0.2, -0.15) is 0 Å². The van der Waals surface area contributed by atoms with Crippen molar-refractivity contribution >= 4 is 11.9 Å². The second-order valence-electron chi connectivity index (χ2n) is 5.74. The molecular weight excluding hydrogens is 254 g/mol. The number of rotatable bonds is 2. The van der Waals surface area contributed by atoms with Crippen LogP contribution in [0, 0.1) is 0 Å². The van der Waals surface area contributed by atoms with Crippen LogP contribution >= 0.6 is 0 Å².